The van der Waals surface area contributed by atoms with Crippen molar-refractivity contribution in [1.82, 2.24) is 10.3 Å². The zero-order valence-electron chi connectivity index (χ0n) is 21.6. The fourth-order valence-electron chi connectivity index (χ4n) is 5.32. The molecule has 1 amide bonds. The molecule has 1 aliphatic heterocycles. The predicted octanol–water partition coefficient (Wildman–Crippen LogP) is 4.32. The molecule has 6 rings (SSSR count). The zero-order chi connectivity index (χ0) is 27.4. The van der Waals surface area contributed by atoms with Crippen LogP contribution in [0.25, 0.3) is 10.8 Å². The molecular formula is C30H29N3O5. The van der Waals surface area contributed by atoms with Gasteiger partial charge in [-0.3, -0.25) is 14.4 Å². The minimum Gasteiger partial charge on any atom is -0.454 e. The van der Waals surface area contributed by atoms with Crippen molar-refractivity contribution in [3.8, 4) is 5.75 Å². The van der Waals surface area contributed by atoms with Crippen molar-refractivity contribution in [2.45, 2.75) is 44.9 Å². The fourth-order valence-corrected chi connectivity index (χ4v) is 5.32. The average Bonchev–Trinajstić information content (AvgIpc) is 3.27. The molecule has 2 atom stereocenters. The van der Waals surface area contributed by atoms with E-state index in [0.29, 0.717) is 16.3 Å². The molecule has 2 unspecified atom stereocenters. The molecule has 1 aromatic heterocycles. The Morgan fingerprint density at radius 2 is 1.74 bits per heavy atom. The number of H-pyrrole nitrogens is 1. The number of Topliss-reactive ketones (excluding diaryl/α,β-unsaturated/α-hetero) is 1. The third kappa shape index (κ3) is 3.30. The van der Waals surface area contributed by atoms with Crippen molar-refractivity contribution < 1.29 is 19.4 Å². The van der Waals surface area contributed by atoms with E-state index in [1.165, 1.54) is 6.07 Å². The molecule has 0 saturated heterocycles. The summed E-state index contributed by atoms with van der Waals surface area (Å²) in [6.45, 7) is 8.03. The Balaban J connectivity index is 0.00000144. The van der Waals surface area contributed by atoms with Crippen molar-refractivity contribution in [3.05, 3.63) is 105 Å². The van der Waals surface area contributed by atoms with Crippen LogP contribution in [0, 0.1) is 0 Å². The molecule has 3 aromatic carbocycles. The molecule has 2 heterocycles. The maximum Gasteiger partial charge on any atom is 0.271 e. The standard InChI is InChI=1S/C28H23N3O5.C2H6/c1-14(2)15-10-11-18-22(13-15)36-28(35)19-8-5-9-20(29)23(19)24(32)27(18,28)31-26(34)21-12-16-6-3-4-7-17(16)25(33)30-21;1-2/h3-14,35H,29H2,1-2H3,(H,30,33)(H,31,34);1-2H3. The summed E-state index contributed by atoms with van der Waals surface area (Å²) in [7, 11) is 0. The van der Waals surface area contributed by atoms with Gasteiger partial charge in [0.25, 0.3) is 17.3 Å². The number of benzene rings is 3. The van der Waals surface area contributed by atoms with E-state index in [-0.39, 0.29) is 34.2 Å². The van der Waals surface area contributed by atoms with Gasteiger partial charge in [0.15, 0.2) is 0 Å². The number of ether oxygens (including phenoxy) is 1. The largest absolute Gasteiger partial charge is 0.454 e. The first-order chi connectivity index (χ1) is 18.2. The molecule has 194 valence electrons. The first kappa shape index (κ1) is 25.2. The number of pyridine rings is 1. The van der Waals surface area contributed by atoms with E-state index < -0.39 is 28.6 Å². The highest BCUT2D eigenvalue weighted by molar-refractivity contribution is 6.16. The predicted molar refractivity (Wildman–Crippen MR) is 145 cm³/mol. The van der Waals surface area contributed by atoms with Crippen LogP contribution < -0.4 is 21.3 Å². The topological polar surface area (TPSA) is 135 Å². The maximum atomic E-state index is 14.0. The quantitative estimate of drug-likeness (QED) is 0.303. The Morgan fingerprint density at radius 3 is 2.47 bits per heavy atom. The number of aliphatic hydroxyl groups is 1. The highest BCUT2D eigenvalue weighted by Gasteiger charge is 2.72. The van der Waals surface area contributed by atoms with E-state index in [4.69, 9.17) is 10.5 Å². The summed E-state index contributed by atoms with van der Waals surface area (Å²) in [6.07, 6.45) is 0. The van der Waals surface area contributed by atoms with Crippen LogP contribution in [0.5, 0.6) is 5.75 Å². The van der Waals surface area contributed by atoms with E-state index in [1.54, 1.807) is 54.6 Å². The molecule has 4 aromatic rings. The number of aromatic amines is 1. The van der Waals surface area contributed by atoms with Gasteiger partial charge in [-0.2, -0.15) is 0 Å². The van der Waals surface area contributed by atoms with Crippen LogP contribution in [0.15, 0.2) is 71.5 Å². The van der Waals surface area contributed by atoms with Gasteiger partial charge in [-0.05, 0) is 41.1 Å². The second-order valence-electron chi connectivity index (χ2n) is 9.56. The molecule has 0 bridgehead atoms. The molecule has 1 aliphatic carbocycles. The van der Waals surface area contributed by atoms with Crippen molar-refractivity contribution in [2.24, 2.45) is 0 Å². The van der Waals surface area contributed by atoms with E-state index in [2.05, 4.69) is 10.3 Å². The van der Waals surface area contributed by atoms with Gasteiger partial charge >= 0.3 is 0 Å². The first-order valence-electron chi connectivity index (χ1n) is 12.6. The van der Waals surface area contributed by atoms with Crippen molar-refractivity contribution in [3.63, 3.8) is 0 Å². The minimum absolute atomic E-state index is 0.0561. The molecular weight excluding hydrogens is 482 g/mol. The van der Waals surface area contributed by atoms with Crippen molar-refractivity contribution in [2.75, 3.05) is 5.73 Å². The molecule has 0 spiro atoms. The van der Waals surface area contributed by atoms with E-state index >= 15 is 0 Å². The van der Waals surface area contributed by atoms with Gasteiger partial charge in [-0.25, -0.2) is 0 Å². The fraction of sp³-hybridized carbons (Fsp3) is 0.233. The number of ketones is 1. The van der Waals surface area contributed by atoms with Crippen LogP contribution in [0.1, 0.15) is 71.1 Å². The average molecular weight is 512 g/mol. The van der Waals surface area contributed by atoms with Gasteiger partial charge < -0.3 is 25.9 Å². The number of carbonyl (C=O) groups excluding carboxylic acids is 2. The van der Waals surface area contributed by atoms with Gasteiger partial charge in [0, 0.05) is 22.2 Å². The van der Waals surface area contributed by atoms with Crippen LogP contribution in [-0.4, -0.2) is 21.8 Å². The van der Waals surface area contributed by atoms with Crippen LogP contribution >= 0.6 is 0 Å². The summed E-state index contributed by atoms with van der Waals surface area (Å²) in [5, 5.41) is 15.8. The van der Waals surface area contributed by atoms with E-state index in [1.807, 2.05) is 33.8 Å². The summed E-state index contributed by atoms with van der Waals surface area (Å²) in [6, 6.07) is 18.4. The van der Waals surface area contributed by atoms with Gasteiger partial charge in [0.05, 0.1) is 5.56 Å². The zero-order valence-corrected chi connectivity index (χ0v) is 21.6. The van der Waals surface area contributed by atoms with Gasteiger partial charge in [-0.1, -0.05) is 70.2 Å². The smallest absolute Gasteiger partial charge is 0.271 e. The summed E-state index contributed by atoms with van der Waals surface area (Å²) < 4.78 is 6.09. The molecule has 38 heavy (non-hydrogen) atoms. The van der Waals surface area contributed by atoms with Crippen molar-refractivity contribution >= 4 is 28.2 Å². The Labute approximate surface area is 219 Å². The van der Waals surface area contributed by atoms with Gasteiger partial charge in [0.1, 0.15) is 11.4 Å². The number of nitrogens with one attached hydrogen (secondary N) is 2. The lowest BCUT2D eigenvalue weighted by atomic mass is 9.82. The minimum atomic E-state index is -2.24. The number of hydrogen-bond acceptors (Lipinski definition) is 6. The normalized spacial score (nSPS) is 20.7. The number of rotatable bonds is 3. The number of amides is 1. The number of hydrogen-bond donors (Lipinski definition) is 4. The number of aromatic nitrogens is 1. The molecule has 0 fully saturated rings. The molecule has 8 heteroatoms. The summed E-state index contributed by atoms with van der Waals surface area (Å²) in [5.74, 6) is -3.12. The third-order valence-corrected chi connectivity index (χ3v) is 7.17. The summed E-state index contributed by atoms with van der Waals surface area (Å²) >= 11 is 0. The second-order valence-corrected chi connectivity index (χ2v) is 9.56. The molecule has 0 saturated carbocycles. The lowest BCUT2D eigenvalue weighted by Gasteiger charge is -2.34. The number of nitrogen functional groups attached to an aromatic ring is 1. The van der Waals surface area contributed by atoms with E-state index in [0.717, 1.165) is 5.56 Å². The first-order valence-corrected chi connectivity index (χ1v) is 12.6. The molecule has 5 N–H and O–H groups in total. The molecule has 8 nitrogen and oxygen atoms in total. The third-order valence-electron chi connectivity index (χ3n) is 7.17. The lowest BCUT2D eigenvalue weighted by Crippen LogP contribution is -2.60. The summed E-state index contributed by atoms with van der Waals surface area (Å²) in [4.78, 5) is 42.9. The summed E-state index contributed by atoms with van der Waals surface area (Å²) in [5.41, 5.74) is 5.31. The number of anilines is 1. The lowest BCUT2D eigenvalue weighted by molar-refractivity contribution is -0.169. The van der Waals surface area contributed by atoms with Crippen LogP contribution in [0.2, 0.25) is 0 Å². The van der Waals surface area contributed by atoms with Crippen LogP contribution in [0.4, 0.5) is 5.69 Å². The second kappa shape index (κ2) is 8.85. The van der Waals surface area contributed by atoms with Crippen LogP contribution in [0.3, 0.4) is 0 Å². The van der Waals surface area contributed by atoms with E-state index in [9.17, 15) is 19.5 Å². The van der Waals surface area contributed by atoms with Crippen LogP contribution in [-0.2, 0) is 11.3 Å². The number of nitrogens with two attached hydrogens (primary N) is 1. The Kier molecular flexibility index (Phi) is 5.87. The SMILES string of the molecule is CC.CC(C)c1ccc2c(c1)OC1(O)c3cccc(N)c3C(=O)C21NC(=O)c1cc2ccccc2c(=O)[nH]1. The maximum absolute atomic E-state index is 14.0. The highest BCUT2D eigenvalue weighted by atomic mass is 16.6. The number of fused-ring (bicyclic) bond motifs is 6. The molecule has 0 radical (unpaired) electrons. The Bertz CT molecular complexity index is 1670. The Morgan fingerprint density at radius 1 is 1.00 bits per heavy atom. The number of carbonyl (C=O) groups is 2. The van der Waals surface area contributed by atoms with Gasteiger partial charge in [0.2, 0.25) is 11.3 Å². The van der Waals surface area contributed by atoms with Crippen molar-refractivity contribution in [1.29, 1.82) is 0 Å². The monoisotopic (exact) mass is 511 g/mol. The molecule has 2 aliphatic rings. The van der Waals surface area contributed by atoms with Gasteiger partial charge in [-0.15, -0.1) is 0 Å². The Hall–Kier alpha value is -4.43. The highest BCUT2D eigenvalue weighted by Crippen LogP contribution is 2.59.